The number of rotatable bonds is 10. The second-order valence-corrected chi connectivity index (χ2v) is 17.7. The first kappa shape index (κ1) is 41.0. The molecule has 8 heterocycles. The minimum Gasteiger partial charge on any atom is -0.372 e. The summed E-state index contributed by atoms with van der Waals surface area (Å²) in [5.41, 5.74) is 6.10. The number of likely N-dealkylation sites (tertiary alicyclic amines) is 1. The number of carbonyl (C=O) groups excluding carboxylic acids is 5. The van der Waals surface area contributed by atoms with Crippen LogP contribution in [0.4, 0.5) is 25.8 Å². The van der Waals surface area contributed by atoms with E-state index in [0.717, 1.165) is 75.2 Å². The number of nitrogens with one attached hydrogen (secondary N) is 2. The highest BCUT2D eigenvalue weighted by atomic mass is 19.3. The van der Waals surface area contributed by atoms with Crippen molar-refractivity contribution in [3.63, 3.8) is 0 Å². The van der Waals surface area contributed by atoms with Crippen molar-refractivity contribution in [1.82, 2.24) is 39.5 Å². The first-order valence-corrected chi connectivity index (χ1v) is 22.1. The zero-order chi connectivity index (χ0) is 43.4. The van der Waals surface area contributed by atoms with Crippen LogP contribution in [0.5, 0.6) is 0 Å². The van der Waals surface area contributed by atoms with Gasteiger partial charge in [0.15, 0.2) is 5.65 Å². The highest BCUT2D eigenvalue weighted by Gasteiger charge is 2.40. The van der Waals surface area contributed by atoms with E-state index >= 15 is 0 Å². The van der Waals surface area contributed by atoms with E-state index in [9.17, 15) is 32.8 Å². The lowest BCUT2D eigenvalue weighted by Crippen LogP contribution is -2.52. The third-order valence-electron chi connectivity index (χ3n) is 13.9. The van der Waals surface area contributed by atoms with Crippen LogP contribution >= 0.6 is 0 Å². The molecule has 63 heavy (non-hydrogen) atoms. The molecule has 0 bridgehead atoms. The maximum atomic E-state index is 14.2. The van der Waals surface area contributed by atoms with Gasteiger partial charge >= 0.3 is 0 Å². The molecule has 0 saturated carbocycles. The zero-order valence-corrected chi connectivity index (χ0v) is 35.1. The Bertz CT molecular complexity index is 2460. The lowest BCUT2D eigenvalue weighted by Gasteiger charge is -2.40. The monoisotopic (exact) mass is 863 g/mol. The van der Waals surface area contributed by atoms with Crippen molar-refractivity contribution in [3.8, 4) is 0 Å². The summed E-state index contributed by atoms with van der Waals surface area (Å²) in [5, 5.41) is 9.72. The van der Waals surface area contributed by atoms with Crippen molar-refractivity contribution in [3.05, 3.63) is 82.8 Å². The standard InChI is InChI=1S/C45H51F2N11O5/c46-39(47)27-53-16-18-55(19-17-53)38-22-34-30(21-36(38)50-42(60)35-23-49-58-11-1-10-48-41(35)58)25-56(45(34)63)31-8-12-52(13-9-31)24-28-6-14-54(15-7-28)32-2-3-33-29(20-32)26-57(44(33)62)37-4-5-40(59)51-43(37)61/h1-3,10-11,20-23,28,31,37,39H,4-9,12-19,24-27H2,(H,50,60)(H,51,59,61). The number of benzene rings is 2. The van der Waals surface area contributed by atoms with Gasteiger partial charge in [-0.25, -0.2) is 18.3 Å². The molecule has 4 aromatic rings. The first-order chi connectivity index (χ1) is 30.6. The van der Waals surface area contributed by atoms with Gasteiger partial charge in [-0.1, -0.05) is 0 Å². The maximum absolute atomic E-state index is 14.2. The van der Waals surface area contributed by atoms with Crippen LogP contribution in [0.1, 0.15) is 80.7 Å². The summed E-state index contributed by atoms with van der Waals surface area (Å²) in [5.74, 6) is -0.696. The van der Waals surface area contributed by atoms with Crippen molar-refractivity contribution in [1.29, 1.82) is 0 Å². The predicted octanol–water partition coefficient (Wildman–Crippen LogP) is 3.47. The summed E-state index contributed by atoms with van der Waals surface area (Å²) < 4.78 is 27.9. The Kier molecular flexibility index (Phi) is 11.0. The average Bonchev–Trinajstić information content (AvgIpc) is 3.96. The Morgan fingerprint density at radius 3 is 2.32 bits per heavy atom. The zero-order valence-electron chi connectivity index (χ0n) is 35.1. The number of halogens is 2. The number of imide groups is 1. The Hall–Kier alpha value is -6.01. The molecule has 6 aliphatic heterocycles. The van der Waals surface area contributed by atoms with E-state index in [1.807, 2.05) is 29.2 Å². The number of hydrogen-bond acceptors (Lipinski definition) is 11. The van der Waals surface area contributed by atoms with Gasteiger partial charge in [-0.2, -0.15) is 5.10 Å². The van der Waals surface area contributed by atoms with Crippen molar-refractivity contribution < 1.29 is 32.8 Å². The lowest BCUT2D eigenvalue weighted by atomic mass is 9.94. The van der Waals surface area contributed by atoms with Gasteiger partial charge in [0.25, 0.3) is 24.1 Å². The fraction of sp³-hybridized carbons (Fsp3) is 0.489. The van der Waals surface area contributed by atoms with Crippen LogP contribution < -0.4 is 20.4 Å². The van der Waals surface area contributed by atoms with Gasteiger partial charge in [0.05, 0.1) is 24.1 Å². The number of fused-ring (bicyclic) bond motifs is 3. The summed E-state index contributed by atoms with van der Waals surface area (Å²) in [4.78, 5) is 81.9. The Morgan fingerprint density at radius 1 is 0.810 bits per heavy atom. The molecule has 4 fully saturated rings. The fourth-order valence-corrected chi connectivity index (χ4v) is 10.5. The van der Waals surface area contributed by atoms with E-state index in [4.69, 9.17) is 0 Å². The number of aromatic nitrogens is 3. The van der Waals surface area contributed by atoms with Gasteiger partial charge in [0.2, 0.25) is 11.8 Å². The molecule has 0 radical (unpaired) electrons. The highest BCUT2D eigenvalue weighted by Crippen LogP contribution is 2.38. The van der Waals surface area contributed by atoms with E-state index < -0.39 is 18.4 Å². The molecule has 6 aliphatic rings. The van der Waals surface area contributed by atoms with Gasteiger partial charge in [0, 0.05) is 114 Å². The van der Waals surface area contributed by atoms with Crippen molar-refractivity contribution >= 4 is 52.2 Å². The molecule has 16 nitrogen and oxygen atoms in total. The molecule has 0 spiro atoms. The van der Waals surface area contributed by atoms with E-state index in [1.54, 1.807) is 28.3 Å². The van der Waals surface area contributed by atoms with Crippen LogP contribution in [-0.2, 0) is 22.7 Å². The topological polar surface area (TPSA) is 159 Å². The molecular formula is C45H51F2N11O5. The van der Waals surface area contributed by atoms with Gasteiger partial charge < -0.3 is 29.8 Å². The van der Waals surface area contributed by atoms with Gasteiger partial charge in [-0.05, 0) is 85.5 Å². The number of hydrogen-bond donors (Lipinski definition) is 2. The second-order valence-electron chi connectivity index (χ2n) is 17.7. The first-order valence-electron chi connectivity index (χ1n) is 22.1. The third kappa shape index (κ3) is 8.10. The minimum atomic E-state index is -2.41. The molecule has 1 atom stereocenters. The van der Waals surface area contributed by atoms with Gasteiger partial charge in [-0.15, -0.1) is 0 Å². The van der Waals surface area contributed by atoms with E-state index in [-0.39, 0.29) is 42.6 Å². The number of alkyl halides is 2. The summed E-state index contributed by atoms with van der Waals surface area (Å²) in [6, 6.07) is 10.9. The number of piperazine rings is 1. The van der Waals surface area contributed by atoms with Crippen LogP contribution in [0, 0.1) is 5.92 Å². The number of nitrogens with zero attached hydrogens (tertiary/aromatic N) is 9. The largest absolute Gasteiger partial charge is 0.372 e. The molecular weight excluding hydrogens is 813 g/mol. The van der Waals surface area contributed by atoms with Gasteiger partial charge in [0.1, 0.15) is 11.6 Å². The number of piperidine rings is 3. The molecule has 10 rings (SSSR count). The van der Waals surface area contributed by atoms with Gasteiger partial charge in [-0.3, -0.25) is 34.2 Å². The smallest absolute Gasteiger partial charge is 0.261 e. The number of anilines is 3. The maximum Gasteiger partial charge on any atom is 0.261 e. The molecule has 0 aliphatic carbocycles. The Balaban J connectivity index is 0.750. The van der Waals surface area contributed by atoms with Crippen LogP contribution in [0.3, 0.4) is 0 Å². The van der Waals surface area contributed by atoms with Crippen LogP contribution in [0.2, 0.25) is 0 Å². The summed E-state index contributed by atoms with van der Waals surface area (Å²) in [6.45, 7) is 7.00. The Morgan fingerprint density at radius 2 is 1.56 bits per heavy atom. The SMILES string of the molecule is O=C1CCC(N2Cc3cc(N4CCC(CN5CCC(N6Cc7cc(NC(=O)c8cnn9cccnc89)c(N8CCN(CC(F)F)CC8)cc7C6=O)CC5)CC4)ccc3C2=O)C(=O)N1. The average molecular weight is 864 g/mol. The quantitative estimate of drug-likeness (QED) is 0.225. The number of carbonyl (C=O) groups is 5. The van der Waals surface area contributed by atoms with E-state index in [0.29, 0.717) is 85.3 Å². The molecule has 4 saturated heterocycles. The molecule has 1 unspecified atom stereocenters. The van der Waals surface area contributed by atoms with Crippen molar-refractivity contribution in [2.75, 3.05) is 80.6 Å². The summed E-state index contributed by atoms with van der Waals surface area (Å²) in [6.07, 6.45) is 6.81. The highest BCUT2D eigenvalue weighted by molar-refractivity contribution is 6.10. The van der Waals surface area contributed by atoms with E-state index in [2.05, 4.69) is 41.5 Å². The van der Waals surface area contributed by atoms with Crippen LogP contribution in [-0.4, -0.2) is 148 Å². The fourth-order valence-electron chi connectivity index (χ4n) is 10.5. The molecule has 18 heteroatoms. The normalized spacial score (nSPS) is 21.8. The number of amides is 5. The molecule has 2 aromatic heterocycles. The minimum absolute atomic E-state index is 0.0160. The van der Waals surface area contributed by atoms with Crippen LogP contribution in [0.25, 0.3) is 5.65 Å². The summed E-state index contributed by atoms with van der Waals surface area (Å²) in [7, 11) is 0. The molecule has 5 amide bonds. The Labute approximate surface area is 363 Å². The predicted molar refractivity (Wildman–Crippen MR) is 229 cm³/mol. The summed E-state index contributed by atoms with van der Waals surface area (Å²) >= 11 is 0. The second kappa shape index (κ2) is 16.9. The molecule has 2 aromatic carbocycles. The molecule has 2 N–H and O–H groups in total. The van der Waals surface area contributed by atoms with Crippen molar-refractivity contribution in [2.45, 2.75) is 70.1 Å². The lowest BCUT2D eigenvalue weighted by molar-refractivity contribution is -0.136. The third-order valence-corrected chi connectivity index (χ3v) is 13.9. The molecule has 330 valence electrons. The van der Waals surface area contributed by atoms with Crippen molar-refractivity contribution in [2.24, 2.45) is 5.92 Å². The van der Waals surface area contributed by atoms with Crippen LogP contribution in [0.15, 0.2) is 55.0 Å². The van der Waals surface area contributed by atoms with E-state index in [1.165, 1.54) is 10.7 Å².